The number of nitrogens with one attached hydrogen (secondary N) is 1. The summed E-state index contributed by atoms with van der Waals surface area (Å²) >= 11 is 0. The quantitative estimate of drug-likeness (QED) is 0.865. The molecule has 1 aromatic heterocycles. The van der Waals surface area contributed by atoms with Gasteiger partial charge in [-0.25, -0.2) is 0 Å². The Morgan fingerprint density at radius 3 is 2.72 bits per heavy atom. The van der Waals surface area contributed by atoms with Crippen LogP contribution in [0.15, 0.2) is 42.6 Å². The lowest BCUT2D eigenvalue weighted by Crippen LogP contribution is -2.22. The van der Waals surface area contributed by atoms with Crippen LogP contribution in [0.25, 0.3) is 0 Å². The molecule has 0 aliphatic rings. The SMILES string of the molecule is Cc1ncc(CNC(=O)c2ccccc2)cc1O. The molecule has 0 atom stereocenters. The lowest BCUT2D eigenvalue weighted by molar-refractivity contribution is 0.0951. The van der Waals surface area contributed by atoms with Gasteiger partial charge in [-0.1, -0.05) is 18.2 Å². The summed E-state index contributed by atoms with van der Waals surface area (Å²) in [6.45, 7) is 2.07. The minimum atomic E-state index is -0.143. The Morgan fingerprint density at radius 1 is 1.33 bits per heavy atom. The zero-order chi connectivity index (χ0) is 13.0. The highest BCUT2D eigenvalue weighted by molar-refractivity contribution is 5.94. The maximum atomic E-state index is 11.8. The van der Waals surface area contributed by atoms with Gasteiger partial charge in [-0.2, -0.15) is 0 Å². The molecule has 0 aliphatic carbocycles. The molecular weight excluding hydrogens is 228 g/mol. The number of aromatic nitrogens is 1. The molecule has 2 rings (SSSR count). The van der Waals surface area contributed by atoms with E-state index >= 15 is 0 Å². The van der Waals surface area contributed by atoms with Gasteiger partial charge >= 0.3 is 0 Å². The third-order valence-electron chi connectivity index (χ3n) is 2.61. The number of rotatable bonds is 3. The Kier molecular flexibility index (Phi) is 3.57. The van der Waals surface area contributed by atoms with E-state index in [1.165, 1.54) is 0 Å². The third kappa shape index (κ3) is 2.85. The van der Waals surface area contributed by atoms with Gasteiger partial charge in [-0.15, -0.1) is 0 Å². The summed E-state index contributed by atoms with van der Waals surface area (Å²) in [5.74, 6) is -0.00266. The van der Waals surface area contributed by atoms with E-state index in [2.05, 4.69) is 10.3 Å². The van der Waals surface area contributed by atoms with Crippen LogP contribution in [0.1, 0.15) is 21.6 Å². The lowest BCUT2D eigenvalue weighted by atomic mass is 10.2. The molecular formula is C14H14N2O2. The van der Waals surface area contributed by atoms with Crippen LogP contribution < -0.4 is 5.32 Å². The number of aromatic hydroxyl groups is 1. The van der Waals surface area contributed by atoms with E-state index in [1.54, 1.807) is 31.3 Å². The molecule has 0 saturated heterocycles. The van der Waals surface area contributed by atoms with Crippen molar-refractivity contribution in [3.05, 3.63) is 59.4 Å². The molecule has 2 N–H and O–H groups in total. The fraction of sp³-hybridized carbons (Fsp3) is 0.143. The summed E-state index contributed by atoms with van der Waals surface area (Å²) < 4.78 is 0. The molecule has 1 aromatic carbocycles. The molecule has 0 bridgehead atoms. The summed E-state index contributed by atoms with van der Waals surface area (Å²) in [5.41, 5.74) is 1.96. The van der Waals surface area contributed by atoms with Gasteiger partial charge in [0, 0.05) is 18.3 Å². The number of hydrogen-bond acceptors (Lipinski definition) is 3. The van der Waals surface area contributed by atoms with Crippen molar-refractivity contribution in [3.63, 3.8) is 0 Å². The maximum Gasteiger partial charge on any atom is 0.251 e. The number of carbonyl (C=O) groups is 1. The minimum Gasteiger partial charge on any atom is -0.506 e. The predicted molar refractivity (Wildman–Crippen MR) is 68.3 cm³/mol. The van der Waals surface area contributed by atoms with E-state index in [4.69, 9.17) is 0 Å². The average molecular weight is 242 g/mol. The van der Waals surface area contributed by atoms with Gasteiger partial charge in [0.15, 0.2) is 0 Å². The zero-order valence-electron chi connectivity index (χ0n) is 10.1. The topological polar surface area (TPSA) is 62.2 Å². The first-order valence-corrected chi connectivity index (χ1v) is 5.64. The molecule has 1 amide bonds. The van der Waals surface area contributed by atoms with Gasteiger partial charge in [0.2, 0.25) is 0 Å². The fourth-order valence-electron chi connectivity index (χ4n) is 1.53. The van der Waals surface area contributed by atoms with Crippen molar-refractivity contribution < 1.29 is 9.90 Å². The standard InChI is InChI=1S/C14H14N2O2/c1-10-13(17)7-11(8-15-10)9-16-14(18)12-5-3-2-4-6-12/h2-8,17H,9H2,1H3,(H,16,18). The van der Waals surface area contributed by atoms with E-state index in [0.717, 1.165) is 5.56 Å². The number of pyridine rings is 1. The first-order chi connectivity index (χ1) is 8.66. The van der Waals surface area contributed by atoms with Gasteiger partial charge in [0.1, 0.15) is 5.75 Å². The van der Waals surface area contributed by atoms with Crippen LogP contribution in [0.2, 0.25) is 0 Å². The summed E-state index contributed by atoms with van der Waals surface area (Å²) in [4.78, 5) is 15.8. The molecule has 0 fully saturated rings. The smallest absolute Gasteiger partial charge is 0.251 e. The van der Waals surface area contributed by atoms with Gasteiger partial charge in [0.05, 0.1) is 5.69 Å². The maximum absolute atomic E-state index is 11.8. The molecule has 2 aromatic rings. The van der Waals surface area contributed by atoms with Crippen molar-refractivity contribution in [1.82, 2.24) is 10.3 Å². The van der Waals surface area contributed by atoms with Crippen molar-refractivity contribution >= 4 is 5.91 Å². The lowest BCUT2D eigenvalue weighted by Gasteiger charge is -2.06. The number of benzene rings is 1. The zero-order valence-corrected chi connectivity index (χ0v) is 10.1. The highest BCUT2D eigenvalue weighted by Crippen LogP contribution is 2.14. The Balaban J connectivity index is 1.99. The highest BCUT2D eigenvalue weighted by atomic mass is 16.3. The van der Waals surface area contributed by atoms with Crippen molar-refractivity contribution in [3.8, 4) is 5.75 Å². The van der Waals surface area contributed by atoms with Crippen LogP contribution in [0.5, 0.6) is 5.75 Å². The molecule has 92 valence electrons. The predicted octanol–water partition coefficient (Wildman–Crippen LogP) is 2.03. The van der Waals surface area contributed by atoms with Gasteiger partial charge in [-0.3, -0.25) is 9.78 Å². The van der Waals surface area contributed by atoms with E-state index in [-0.39, 0.29) is 11.7 Å². The van der Waals surface area contributed by atoms with Crippen molar-refractivity contribution in [1.29, 1.82) is 0 Å². The van der Waals surface area contributed by atoms with Crippen LogP contribution in [0, 0.1) is 6.92 Å². The Morgan fingerprint density at radius 2 is 2.06 bits per heavy atom. The number of carbonyl (C=O) groups excluding carboxylic acids is 1. The van der Waals surface area contributed by atoms with Crippen LogP contribution in [0.4, 0.5) is 0 Å². The molecule has 18 heavy (non-hydrogen) atoms. The van der Waals surface area contributed by atoms with E-state index in [1.807, 2.05) is 18.2 Å². The van der Waals surface area contributed by atoms with Crippen molar-refractivity contribution in [2.75, 3.05) is 0 Å². The van der Waals surface area contributed by atoms with Crippen molar-refractivity contribution in [2.45, 2.75) is 13.5 Å². The second-order valence-corrected chi connectivity index (χ2v) is 4.00. The van der Waals surface area contributed by atoms with E-state index in [9.17, 15) is 9.90 Å². The molecule has 0 saturated carbocycles. The largest absolute Gasteiger partial charge is 0.506 e. The second-order valence-electron chi connectivity index (χ2n) is 4.00. The summed E-state index contributed by atoms with van der Waals surface area (Å²) in [5, 5.41) is 12.3. The highest BCUT2D eigenvalue weighted by Gasteiger charge is 2.05. The molecule has 0 unspecified atom stereocenters. The molecule has 0 spiro atoms. The number of aryl methyl sites for hydroxylation is 1. The van der Waals surface area contributed by atoms with E-state index in [0.29, 0.717) is 17.8 Å². The molecule has 4 heteroatoms. The fourth-order valence-corrected chi connectivity index (χ4v) is 1.53. The van der Waals surface area contributed by atoms with Crippen molar-refractivity contribution in [2.24, 2.45) is 0 Å². The summed E-state index contributed by atoms with van der Waals surface area (Å²) in [6, 6.07) is 10.6. The first kappa shape index (κ1) is 12.1. The van der Waals surface area contributed by atoms with Gasteiger partial charge in [0.25, 0.3) is 5.91 Å². The van der Waals surface area contributed by atoms with Gasteiger partial charge in [-0.05, 0) is 30.7 Å². The van der Waals surface area contributed by atoms with Crippen LogP contribution in [-0.4, -0.2) is 16.0 Å². The Bertz CT molecular complexity index is 553. The van der Waals surface area contributed by atoms with Crippen LogP contribution in [0.3, 0.4) is 0 Å². The normalized spacial score (nSPS) is 10.1. The number of amides is 1. The summed E-state index contributed by atoms with van der Waals surface area (Å²) in [7, 11) is 0. The summed E-state index contributed by atoms with van der Waals surface area (Å²) in [6.07, 6.45) is 1.64. The van der Waals surface area contributed by atoms with Gasteiger partial charge < -0.3 is 10.4 Å². The molecule has 4 nitrogen and oxygen atoms in total. The van der Waals surface area contributed by atoms with E-state index < -0.39 is 0 Å². The third-order valence-corrected chi connectivity index (χ3v) is 2.61. The Hall–Kier alpha value is -2.36. The number of hydrogen-bond donors (Lipinski definition) is 2. The number of nitrogens with zero attached hydrogens (tertiary/aromatic N) is 1. The average Bonchev–Trinajstić information content (AvgIpc) is 2.41. The first-order valence-electron chi connectivity index (χ1n) is 5.64. The monoisotopic (exact) mass is 242 g/mol. The Labute approximate surface area is 105 Å². The molecule has 0 radical (unpaired) electrons. The second kappa shape index (κ2) is 5.31. The van der Waals surface area contributed by atoms with Crippen LogP contribution in [-0.2, 0) is 6.54 Å². The minimum absolute atomic E-state index is 0.140. The molecule has 0 aliphatic heterocycles. The molecule has 1 heterocycles. The van der Waals surface area contributed by atoms with Crippen LogP contribution >= 0.6 is 0 Å².